The number of fused-ring (bicyclic) bond motifs is 2. The molecular weight excluding hydrogens is 542 g/mol. The molecule has 10 nitrogen and oxygen atoms in total. The zero-order chi connectivity index (χ0) is 28.1. The quantitative estimate of drug-likeness (QED) is 0.322. The number of nitrogens with zero attached hydrogens (tertiary/aromatic N) is 6. The van der Waals surface area contributed by atoms with E-state index in [9.17, 15) is 9.59 Å². The van der Waals surface area contributed by atoms with Gasteiger partial charge < -0.3 is 10.1 Å². The van der Waals surface area contributed by atoms with E-state index in [1.54, 1.807) is 21.6 Å². The van der Waals surface area contributed by atoms with Gasteiger partial charge in [-0.05, 0) is 74.9 Å². The van der Waals surface area contributed by atoms with E-state index in [-0.39, 0.29) is 23.7 Å². The van der Waals surface area contributed by atoms with Crippen molar-refractivity contribution >= 4 is 39.6 Å². The Morgan fingerprint density at radius 1 is 1.02 bits per heavy atom. The van der Waals surface area contributed by atoms with Crippen LogP contribution in [-0.4, -0.2) is 54.3 Å². The Balaban J connectivity index is 1.10. The first-order valence-electron chi connectivity index (χ1n) is 14.0. The van der Waals surface area contributed by atoms with Crippen LogP contribution >= 0.6 is 11.6 Å². The van der Waals surface area contributed by atoms with E-state index in [0.29, 0.717) is 42.0 Å². The Labute approximate surface area is 240 Å². The molecule has 1 saturated heterocycles. The zero-order valence-corrected chi connectivity index (χ0v) is 23.4. The van der Waals surface area contributed by atoms with Crippen molar-refractivity contribution < 1.29 is 9.53 Å². The summed E-state index contributed by atoms with van der Waals surface area (Å²) in [5.41, 5.74) is 5.20. The minimum atomic E-state index is -0.140. The minimum Gasteiger partial charge on any atom is -0.377 e. The van der Waals surface area contributed by atoms with Gasteiger partial charge in [0.2, 0.25) is 0 Å². The maximum Gasteiger partial charge on any atom is 0.333 e. The van der Waals surface area contributed by atoms with E-state index >= 15 is 0 Å². The van der Waals surface area contributed by atoms with Crippen molar-refractivity contribution in [3.8, 4) is 5.69 Å². The van der Waals surface area contributed by atoms with E-state index in [2.05, 4.69) is 20.5 Å². The van der Waals surface area contributed by atoms with Crippen LogP contribution in [0.25, 0.3) is 27.8 Å². The van der Waals surface area contributed by atoms with Crippen LogP contribution in [0.3, 0.4) is 0 Å². The van der Waals surface area contributed by atoms with E-state index in [1.807, 2.05) is 54.0 Å². The Bertz CT molecular complexity index is 1830. The summed E-state index contributed by atoms with van der Waals surface area (Å²) in [6.07, 6.45) is 5.10. The average Bonchev–Trinajstić information content (AvgIpc) is 3.47. The van der Waals surface area contributed by atoms with Gasteiger partial charge in [0.15, 0.2) is 0 Å². The number of ether oxygens (including phenoxy) is 1. The predicted molar refractivity (Wildman–Crippen MR) is 156 cm³/mol. The third-order valence-corrected chi connectivity index (χ3v) is 8.55. The first-order valence-corrected chi connectivity index (χ1v) is 14.4. The highest BCUT2D eigenvalue weighted by molar-refractivity contribution is 6.30. The molecule has 11 heteroatoms. The molecule has 1 aliphatic heterocycles. The first kappa shape index (κ1) is 25.9. The van der Waals surface area contributed by atoms with Gasteiger partial charge >= 0.3 is 5.69 Å². The maximum atomic E-state index is 13.9. The average molecular weight is 572 g/mol. The molecule has 41 heavy (non-hydrogen) atoms. The van der Waals surface area contributed by atoms with Crippen LogP contribution in [0.4, 0.5) is 0 Å². The molecule has 1 aliphatic carbocycles. The number of halogens is 1. The molecule has 2 fully saturated rings. The molecule has 7 rings (SSSR count). The van der Waals surface area contributed by atoms with Crippen molar-refractivity contribution in [1.82, 2.24) is 34.4 Å². The second-order valence-corrected chi connectivity index (χ2v) is 11.5. The highest BCUT2D eigenvalue weighted by Gasteiger charge is 2.26. The van der Waals surface area contributed by atoms with Crippen molar-refractivity contribution in [2.45, 2.75) is 51.2 Å². The molecule has 2 aliphatic rings. The highest BCUT2D eigenvalue weighted by atomic mass is 35.5. The van der Waals surface area contributed by atoms with Gasteiger partial charge in [-0.1, -0.05) is 23.7 Å². The Hall–Kier alpha value is -4.02. The molecule has 0 atom stereocenters. The molecule has 4 heterocycles. The number of rotatable bonds is 6. The van der Waals surface area contributed by atoms with Crippen LogP contribution in [0.1, 0.15) is 47.8 Å². The number of nitrogens with one attached hydrogen (secondary N) is 1. The minimum absolute atomic E-state index is 0.0651. The number of benzene rings is 2. The molecule has 5 aromatic rings. The second-order valence-electron chi connectivity index (χ2n) is 11.1. The van der Waals surface area contributed by atoms with Crippen LogP contribution < -0.4 is 11.0 Å². The second kappa shape index (κ2) is 10.4. The summed E-state index contributed by atoms with van der Waals surface area (Å²) >= 11 is 6.06. The van der Waals surface area contributed by atoms with Crippen LogP contribution in [0.2, 0.25) is 5.02 Å². The van der Waals surface area contributed by atoms with Crippen molar-refractivity contribution in [1.29, 1.82) is 0 Å². The first-order chi connectivity index (χ1) is 19.9. The summed E-state index contributed by atoms with van der Waals surface area (Å²) in [7, 11) is 0. The summed E-state index contributed by atoms with van der Waals surface area (Å²) in [4.78, 5) is 32.7. The van der Waals surface area contributed by atoms with Gasteiger partial charge in [0, 0.05) is 18.8 Å². The van der Waals surface area contributed by atoms with Crippen LogP contribution in [0.5, 0.6) is 0 Å². The standard InChI is InChI=1S/C30H30ClN7O3/c1-18-24(12-20(31)14-32-18)29(39)33-21-8-6-19(7-9-21)15-36-27-4-2-3-5-28(27)37(30(36)40)22-10-11-25-26(13-22)35-38(34-25)23-16-41-17-23/h2-5,10-14,19,21,23H,6-9,15-17H2,1H3,(H,33,39). The molecule has 3 aromatic heterocycles. The fourth-order valence-corrected chi connectivity index (χ4v) is 6.12. The lowest BCUT2D eigenvalue weighted by Gasteiger charge is -2.29. The van der Waals surface area contributed by atoms with E-state index in [1.165, 1.54) is 0 Å². The van der Waals surface area contributed by atoms with Gasteiger partial charge in [-0.25, -0.2) is 4.79 Å². The number of para-hydroxylation sites is 2. The lowest BCUT2D eigenvalue weighted by atomic mass is 9.85. The fourth-order valence-electron chi connectivity index (χ4n) is 5.96. The smallest absolute Gasteiger partial charge is 0.333 e. The lowest BCUT2D eigenvalue weighted by Crippen LogP contribution is -2.39. The van der Waals surface area contributed by atoms with Crippen molar-refractivity contribution in [3.05, 3.63) is 81.5 Å². The van der Waals surface area contributed by atoms with Crippen molar-refractivity contribution in [2.75, 3.05) is 13.2 Å². The van der Waals surface area contributed by atoms with E-state index in [0.717, 1.165) is 53.4 Å². The largest absolute Gasteiger partial charge is 0.377 e. The van der Waals surface area contributed by atoms with Gasteiger partial charge in [0.25, 0.3) is 5.91 Å². The van der Waals surface area contributed by atoms with Gasteiger partial charge in [-0.2, -0.15) is 15.0 Å². The number of aryl methyl sites for hydroxylation is 1. The van der Waals surface area contributed by atoms with E-state index < -0.39 is 0 Å². The number of hydrogen-bond donors (Lipinski definition) is 1. The highest BCUT2D eigenvalue weighted by Crippen LogP contribution is 2.28. The zero-order valence-electron chi connectivity index (χ0n) is 22.7. The lowest BCUT2D eigenvalue weighted by molar-refractivity contribution is -0.0343. The number of imidazole rings is 1. The van der Waals surface area contributed by atoms with Crippen LogP contribution in [-0.2, 0) is 11.3 Å². The van der Waals surface area contributed by atoms with Crippen LogP contribution in [0, 0.1) is 12.8 Å². The number of pyridine rings is 1. The van der Waals surface area contributed by atoms with Crippen LogP contribution in [0.15, 0.2) is 59.5 Å². The number of amides is 1. The molecule has 1 N–H and O–H groups in total. The molecule has 0 bridgehead atoms. The number of hydrogen-bond acceptors (Lipinski definition) is 6. The molecule has 1 saturated carbocycles. The Kier molecular flexibility index (Phi) is 6.59. The molecule has 1 amide bonds. The number of carbonyl (C=O) groups excluding carboxylic acids is 1. The monoisotopic (exact) mass is 571 g/mol. The molecule has 0 unspecified atom stereocenters. The normalized spacial score (nSPS) is 19.5. The molecule has 2 aromatic carbocycles. The fraction of sp³-hybridized carbons (Fsp3) is 0.367. The van der Waals surface area contributed by atoms with Gasteiger partial charge in [-0.15, -0.1) is 0 Å². The Morgan fingerprint density at radius 3 is 2.54 bits per heavy atom. The number of carbonyl (C=O) groups is 1. The molecule has 0 spiro atoms. The summed E-state index contributed by atoms with van der Waals surface area (Å²) < 4.78 is 8.95. The van der Waals surface area contributed by atoms with Gasteiger partial charge in [-0.3, -0.25) is 18.9 Å². The maximum absolute atomic E-state index is 13.9. The third-order valence-electron chi connectivity index (χ3n) is 8.34. The molecular formula is C30H30ClN7O3. The molecule has 210 valence electrons. The Morgan fingerprint density at radius 2 is 1.78 bits per heavy atom. The van der Waals surface area contributed by atoms with Crippen molar-refractivity contribution in [3.63, 3.8) is 0 Å². The third kappa shape index (κ3) is 4.81. The number of aromatic nitrogens is 6. The molecule has 0 radical (unpaired) electrons. The van der Waals surface area contributed by atoms with Gasteiger partial charge in [0.05, 0.1) is 46.2 Å². The SMILES string of the molecule is Cc1ncc(Cl)cc1C(=O)NC1CCC(Cn2c(=O)n(-c3ccc4nn(C5COC5)nc4c3)c3ccccc32)CC1. The van der Waals surface area contributed by atoms with E-state index in [4.69, 9.17) is 16.3 Å². The topological polar surface area (TPSA) is 109 Å². The predicted octanol–water partition coefficient (Wildman–Crippen LogP) is 4.45. The summed E-state index contributed by atoms with van der Waals surface area (Å²) in [5.74, 6) is 0.194. The summed E-state index contributed by atoms with van der Waals surface area (Å²) in [6.45, 7) is 3.68. The summed E-state index contributed by atoms with van der Waals surface area (Å²) in [5, 5.41) is 12.8. The summed E-state index contributed by atoms with van der Waals surface area (Å²) in [6, 6.07) is 15.6. The van der Waals surface area contributed by atoms with Crippen molar-refractivity contribution in [2.24, 2.45) is 5.92 Å². The van der Waals surface area contributed by atoms with Gasteiger partial charge in [0.1, 0.15) is 17.1 Å².